The number of carbonyl (C=O) groups excluding carboxylic acids is 1. The number of amides is 1. The maximum atomic E-state index is 13.9. The van der Waals surface area contributed by atoms with Gasteiger partial charge in [-0.2, -0.15) is 5.26 Å². The first-order valence-corrected chi connectivity index (χ1v) is 12.7. The SMILES string of the molecule is COc1c(C#N)cc2ccccc2c1C(=O)N(C)CC(CCN1CCOCC1)c1ccc(Cl)c(Cl)c1. The topological polar surface area (TPSA) is 65.8 Å². The summed E-state index contributed by atoms with van der Waals surface area (Å²) in [6.45, 7) is 4.61. The molecule has 0 aromatic heterocycles. The fourth-order valence-electron chi connectivity index (χ4n) is 4.73. The van der Waals surface area contributed by atoms with E-state index in [-0.39, 0.29) is 11.8 Å². The van der Waals surface area contributed by atoms with Crippen molar-refractivity contribution in [2.24, 2.45) is 0 Å². The van der Waals surface area contributed by atoms with Crippen molar-refractivity contribution in [3.05, 3.63) is 75.3 Å². The van der Waals surface area contributed by atoms with Crippen molar-refractivity contribution < 1.29 is 14.3 Å². The van der Waals surface area contributed by atoms with E-state index in [1.807, 2.05) is 36.4 Å². The third-order valence-electron chi connectivity index (χ3n) is 6.69. The second kappa shape index (κ2) is 11.9. The quantitative estimate of drug-likeness (QED) is 0.382. The normalized spacial score (nSPS) is 14.9. The van der Waals surface area contributed by atoms with Crippen LogP contribution in [0.5, 0.6) is 5.75 Å². The summed E-state index contributed by atoms with van der Waals surface area (Å²) < 4.78 is 11.1. The molecule has 1 amide bonds. The zero-order valence-corrected chi connectivity index (χ0v) is 22.0. The van der Waals surface area contributed by atoms with Gasteiger partial charge in [0.05, 0.1) is 41.5 Å². The predicted octanol–water partition coefficient (Wildman–Crippen LogP) is 5.60. The Kier molecular flexibility index (Phi) is 8.71. The lowest BCUT2D eigenvalue weighted by Crippen LogP contribution is -2.38. The summed E-state index contributed by atoms with van der Waals surface area (Å²) in [4.78, 5) is 17.9. The summed E-state index contributed by atoms with van der Waals surface area (Å²) in [6.07, 6.45) is 0.839. The van der Waals surface area contributed by atoms with Gasteiger partial charge in [0, 0.05) is 32.6 Å². The van der Waals surface area contributed by atoms with Crippen LogP contribution in [0.4, 0.5) is 0 Å². The van der Waals surface area contributed by atoms with Crippen LogP contribution in [0.3, 0.4) is 0 Å². The number of methoxy groups -OCH3 is 1. The largest absolute Gasteiger partial charge is 0.495 e. The highest BCUT2D eigenvalue weighted by Gasteiger charge is 2.26. The fraction of sp³-hybridized carbons (Fsp3) is 0.357. The van der Waals surface area contributed by atoms with Gasteiger partial charge in [-0.25, -0.2) is 0 Å². The number of nitriles is 1. The molecule has 36 heavy (non-hydrogen) atoms. The molecule has 1 saturated heterocycles. The molecule has 0 saturated carbocycles. The monoisotopic (exact) mass is 525 g/mol. The van der Waals surface area contributed by atoms with E-state index < -0.39 is 0 Å². The molecule has 0 bridgehead atoms. The zero-order valence-electron chi connectivity index (χ0n) is 20.5. The highest BCUT2D eigenvalue weighted by Crippen LogP contribution is 2.34. The maximum Gasteiger partial charge on any atom is 0.258 e. The predicted molar refractivity (Wildman–Crippen MR) is 143 cm³/mol. The van der Waals surface area contributed by atoms with Crippen molar-refractivity contribution in [1.29, 1.82) is 5.26 Å². The summed E-state index contributed by atoms with van der Waals surface area (Å²) >= 11 is 12.5. The molecule has 1 aliphatic rings. The lowest BCUT2D eigenvalue weighted by Gasteiger charge is -2.30. The number of hydrogen-bond acceptors (Lipinski definition) is 5. The van der Waals surface area contributed by atoms with Crippen molar-refractivity contribution in [2.75, 3.05) is 53.6 Å². The van der Waals surface area contributed by atoms with Crippen molar-refractivity contribution in [3.63, 3.8) is 0 Å². The maximum absolute atomic E-state index is 13.9. The molecule has 6 nitrogen and oxygen atoms in total. The first kappa shape index (κ1) is 26.2. The minimum absolute atomic E-state index is 0.0352. The van der Waals surface area contributed by atoms with Crippen LogP contribution in [-0.4, -0.2) is 69.3 Å². The van der Waals surface area contributed by atoms with Crippen LogP contribution in [0.15, 0.2) is 48.5 Å². The highest BCUT2D eigenvalue weighted by atomic mass is 35.5. The number of likely N-dealkylation sites (N-methyl/N-ethyl adjacent to an activating group) is 1. The average Bonchev–Trinajstić information content (AvgIpc) is 2.91. The van der Waals surface area contributed by atoms with E-state index in [0.717, 1.165) is 55.6 Å². The van der Waals surface area contributed by atoms with Crippen LogP contribution in [0.1, 0.15) is 33.8 Å². The Morgan fingerprint density at radius 1 is 1.17 bits per heavy atom. The smallest absolute Gasteiger partial charge is 0.258 e. The van der Waals surface area contributed by atoms with Crippen LogP contribution < -0.4 is 4.74 Å². The molecular formula is C28H29Cl2N3O3. The molecule has 1 aliphatic heterocycles. The van der Waals surface area contributed by atoms with Gasteiger partial charge in [-0.05, 0) is 47.5 Å². The summed E-state index contributed by atoms with van der Waals surface area (Å²) in [6, 6.07) is 17.1. The van der Waals surface area contributed by atoms with Gasteiger partial charge < -0.3 is 14.4 Å². The molecule has 0 aliphatic carbocycles. The molecule has 0 N–H and O–H groups in total. The van der Waals surface area contributed by atoms with Crippen molar-refractivity contribution >= 4 is 39.9 Å². The lowest BCUT2D eigenvalue weighted by molar-refractivity contribution is 0.0361. The molecular weight excluding hydrogens is 497 g/mol. The first-order valence-electron chi connectivity index (χ1n) is 11.9. The van der Waals surface area contributed by atoms with Crippen LogP contribution in [0, 0.1) is 11.3 Å². The van der Waals surface area contributed by atoms with Gasteiger partial charge >= 0.3 is 0 Å². The Morgan fingerprint density at radius 2 is 1.92 bits per heavy atom. The number of fused-ring (bicyclic) bond motifs is 1. The molecule has 1 atom stereocenters. The van der Waals surface area contributed by atoms with E-state index in [1.54, 1.807) is 24.1 Å². The number of halogens is 2. The molecule has 3 aromatic carbocycles. The molecule has 0 radical (unpaired) electrons. The second-order valence-corrected chi connectivity index (χ2v) is 9.78. The molecule has 3 aromatic rings. The molecule has 1 unspecified atom stereocenters. The number of morpholine rings is 1. The molecule has 1 fully saturated rings. The van der Waals surface area contributed by atoms with Crippen molar-refractivity contribution in [2.45, 2.75) is 12.3 Å². The minimum Gasteiger partial charge on any atom is -0.495 e. The van der Waals surface area contributed by atoms with Crippen molar-refractivity contribution in [3.8, 4) is 11.8 Å². The highest BCUT2D eigenvalue weighted by molar-refractivity contribution is 6.42. The first-order chi connectivity index (χ1) is 17.4. The van der Waals surface area contributed by atoms with Gasteiger partial charge in [0.15, 0.2) is 0 Å². The third-order valence-corrected chi connectivity index (χ3v) is 7.43. The number of carbonyl (C=O) groups is 1. The second-order valence-electron chi connectivity index (χ2n) is 8.96. The molecule has 4 rings (SSSR count). The average molecular weight is 526 g/mol. The van der Waals surface area contributed by atoms with Crippen LogP contribution in [-0.2, 0) is 4.74 Å². The van der Waals surface area contributed by atoms with Gasteiger partial charge in [-0.1, -0.05) is 53.5 Å². The number of nitrogens with zero attached hydrogens (tertiary/aromatic N) is 3. The minimum atomic E-state index is -0.198. The number of hydrogen-bond donors (Lipinski definition) is 0. The summed E-state index contributed by atoms with van der Waals surface area (Å²) in [7, 11) is 3.28. The van der Waals surface area contributed by atoms with E-state index in [4.69, 9.17) is 32.7 Å². The molecule has 0 spiro atoms. The van der Waals surface area contributed by atoms with E-state index in [0.29, 0.717) is 33.5 Å². The zero-order chi connectivity index (χ0) is 25.7. The molecule has 1 heterocycles. The van der Waals surface area contributed by atoms with E-state index in [2.05, 4.69) is 11.0 Å². The van der Waals surface area contributed by atoms with E-state index in [1.165, 1.54) is 7.11 Å². The number of benzene rings is 3. The Labute approximate surface area is 221 Å². The van der Waals surface area contributed by atoms with Crippen LogP contribution >= 0.6 is 23.2 Å². The Hall–Kier alpha value is -2.82. The van der Waals surface area contributed by atoms with Gasteiger partial charge in [0.2, 0.25) is 0 Å². The van der Waals surface area contributed by atoms with Gasteiger partial charge in [0.1, 0.15) is 11.8 Å². The lowest BCUT2D eigenvalue weighted by atomic mass is 9.93. The standard InChI is InChI=1S/C28H29Cl2N3O3/c1-32(28(34)26-23-6-4-3-5-20(23)15-22(17-31)27(26)35-2)18-21(9-10-33-11-13-36-14-12-33)19-7-8-24(29)25(30)16-19/h3-8,15-16,21H,9-14,18H2,1-2H3. The van der Waals surface area contributed by atoms with Gasteiger partial charge in [-0.3, -0.25) is 9.69 Å². The third kappa shape index (κ3) is 5.77. The van der Waals surface area contributed by atoms with Crippen LogP contribution in [0.25, 0.3) is 10.8 Å². The fourth-order valence-corrected chi connectivity index (χ4v) is 5.04. The van der Waals surface area contributed by atoms with Gasteiger partial charge in [-0.15, -0.1) is 0 Å². The summed E-state index contributed by atoms with van der Waals surface area (Å²) in [5.41, 5.74) is 1.76. The van der Waals surface area contributed by atoms with E-state index >= 15 is 0 Å². The molecule has 8 heteroatoms. The summed E-state index contributed by atoms with van der Waals surface area (Å²) in [5, 5.41) is 12.3. The van der Waals surface area contributed by atoms with Crippen LogP contribution in [0.2, 0.25) is 10.0 Å². The number of rotatable bonds is 8. The Balaban J connectivity index is 1.65. The Morgan fingerprint density at radius 3 is 2.61 bits per heavy atom. The summed E-state index contributed by atoms with van der Waals surface area (Å²) in [5.74, 6) is 0.136. The Bertz CT molecular complexity index is 1290. The van der Waals surface area contributed by atoms with Gasteiger partial charge in [0.25, 0.3) is 5.91 Å². The van der Waals surface area contributed by atoms with E-state index in [9.17, 15) is 10.1 Å². The number of ether oxygens (including phenoxy) is 2. The molecule has 188 valence electrons. The van der Waals surface area contributed by atoms with Crippen molar-refractivity contribution in [1.82, 2.24) is 9.80 Å².